The number of benzene rings is 1. The van der Waals surface area contributed by atoms with Gasteiger partial charge in [-0.15, -0.1) is 0 Å². The predicted octanol–water partition coefficient (Wildman–Crippen LogP) is 1.86. The Morgan fingerprint density at radius 3 is 2.58 bits per heavy atom. The first-order valence-corrected chi connectivity index (χ1v) is 7.75. The molecule has 0 spiro atoms. The van der Waals surface area contributed by atoms with Crippen molar-refractivity contribution in [2.45, 2.75) is 30.7 Å². The molecule has 1 aliphatic heterocycles. The van der Waals surface area contributed by atoms with Crippen LogP contribution in [0, 0.1) is 12.8 Å². The fraction of sp³-hybridized carbons (Fsp3) is 0.357. The number of carbonyl (C=O) groups is 1. The Morgan fingerprint density at radius 2 is 1.89 bits per heavy atom. The highest BCUT2D eigenvalue weighted by atomic mass is 32.2. The van der Waals surface area contributed by atoms with Crippen molar-refractivity contribution in [3.63, 3.8) is 0 Å². The third kappa shape index (κ3) is 1.89. The van der Waals surface area contributed by atoms with E-state index in [0.717, 1.165) is 16.3 Å². The standard InChI is InChI=1S/C14H15NO3S/c1-10-5-7-12(8-6-10)19(17,18)15-13-4-2-3-11(13)9-14(15)16/h2,4-8,11,13H,3,9H2,1H3/t11-,13-/m1/s1. The average molecular weight is 277 g/mol. The topological polar surface area (TPSA) is 54.5 Å². The van der Waals surface area contributed by atoms with Crippen LogP contribution in [0.15, 0.2) is 41.3 Å². The van der Waals surface area contributed by atoms with Gasteiger partial charge in [-0.3, -0.25) is 4.79 Å². The highest BCUT2D eigenvalue weighted by Crippen LogP contribution is 2.37. The second kappa shape index (κ2) is 4.20. The van der Waals surface area contributed by atoms with Crippen molar-refractivity contribution in [3.8, 4) is 0 Å². The minimum absolute atomic E-state index is 0.118. The first-order chi connectivity index (χ1) is 9.00. The van der Waals surface area contributed by atoms with E-state index in [1.54, 1.807) is 24.3 Å². The van der Waals surface area contributed by atoms with E-state index in [9.17, 15) is 13.2 Å². The third-order valence-electron chi connectivity index (χ3n) is 3.79. The summed E-state index contributed by atoms with van der Waals surface area (Å²) in [5.74, 6) is -0.173. The molecule has 100 valence electrons. The lowest BCUT2D eigenvalue weighted by Crippen LogP contribution is -2.38. The van der Waals surface area contributed by atoms with Crippen LogP contribution in [0.5, 0.6) is 0 Å². The number of carbonyl (C=O) groups excluding carboxylic acids is 1. The lowest BCUT2D eigenvalue weighted by atomic mass is 10.0. The zero-order valence-electron chi connectivity index (χ0n) is 10.6. The van der Waals surface area contributed by atoms with Crippen LogP contribution in [0.4, 0.5) is 0 Å². The molecule has 0 saturated carbocycles. The van der Waals surface area contributed by atoms with E-state index in [0.29, 0.717) is 6.42 Å². The van der Waals surface area contributed by atoms with Crippen LogP contribution in [0.1, 0.15) is 18.4 Å². The Labute approximate surface area is 112 Å². The van der Waals surface area contributed by atoms with Crippen LogP contribution in [0.2, 0.25) is 0 Å². The van der Waals surface area contributed by atoms with Gasteiger partial charge < -0.3 is 0 Å². The number of aryl methyl sites for hydroxylation is 1. The Kier molecular flexibility index (Phi) is 2.74. The monoisotopic (exact) mass is 277 g/mol. The van der Waals surface area contributed by atoms with E-state index in [1.165, 1.54) is 0 Å². The molecule has 1 fully saturated rings. The fourth-order valence-corrected chi connectivity index (χ4v) is 4.37. The summed E-state index contributed by atoms with van der Waals surface area (Å²) in [6.45, 7) is 1.90. The molecule has 1 saturated heterocycles. The molecule has 1 amide bonds. The molecule has 0 N–H and O–H groups in total. The molecule has 0 aromatic heterocycles. The molecule has 19 heavy (non-hydrogen) atoms. The molecular formula is C14H15NO3S. The Bertz CT molecular complexity index is 646. The number of rotatable bonds is 2. The molecule has 1 aromatic carbocycles. The van der Waals surface area contributed by atoms with E-state index in [4.69, 9.17) is 0 Å². The highest BCUT2D eigenvalue weighted by molar-refractivity contribution is 7.89. The molecule has 3 rings (SSSR count). The molecular weight excluding hydrogens is 262 g/mol. The first kappa shape index (κ1) is 12.4. The average Bonchev–Trinajstić information content (AvgIpc) is 2.88. The van der Waals surface area contributed by atoms with Crippen molar-refractivity contribution in [2.75, 3.05) is 0 Å². The van der Waals surface area contributed by atoms with Gasteiger partial charge in [0.15, 0.2) is 0 Å². The zero-order chi connectivity index (χ0) is 13.6. The van der Waals surface area contributed by atoms with Crippen molar-refractivity contribution in [3.05, 3.63) is 42.0 Å². The number of hydrogen-bond acceptors (Lipinski definition) is 3. The van der Waals surface area contributed by atoms with Gasteiger partial charge in [0.2, 0.25) is 5.91 Å². The summed E-state index contributed by atoms with van der Waals surface area (Å²) in [5.41, 5.74) is 0.991. The number of allylic oxidation sites excluding steroid dienone is 1. The van der Waals surface area contributed by atoms with Gasteiger partial charge in [-0.2, -0.15) is 0 Å². The second-order valence-electron chi connectivity index (χ2n) is 5.13. The lowest BCUT2D eigenvalue weighted by Gasteiger charge is -2.22. The van der Waals surface area contributed by atoms with Gasteiger partial charge in [0.1, 0.15) is 0 Å². The van der Waals surface area contributed by atoms with Gasteiger partial charge in [0, 0.05) is 6.42 Å². The van der Waals surface area contributed by atoms with Crippen molar-refractivity contribution >= 4 is 15.9 Å². The number of hydrogen-bond donors (Lipinski definition) is 0. The largest absolute Gasteiger partial charge is 0.274 e. The molecule has 1 aliphatic carbocycles. The number of sulfonamides is 1. The Balaban J connectivity index is 2.02. The summed E-state index contributed by atoms with van der Waals surface area (Å²) in [7, 11) is -3.73. The van der Waals surface area contributed by atoms with Crippen LogP contribution < -0.4 is 0 Å². The summed E-state index contributed by atoms with van der Waals surface area (Å²) in [6.07, 6.45) is 4.90. The SMILES string of the molecule is Cc1ccc(S(=O)(=O)N2C(=O)C[C@H]3CC=C[C@H]32)cc1. The minimum Gasteiger partial charge on any atom is -0.274 e. The Morgan fingerprint density at radius 1 is 1.21 bits per heavy atom. The van der Waals surface area contributed by atoms with Gasteiger partial charge >= 0.3 is 0 Å². The summed E-state index contributed by atoms with van der Waals surface area (Å²) >= 11 is 0. The van der Waals surface area contributed by atoms with E-state index in [-0.39, 0.29) is 22.8 Å². The smallest absolute Gasteiger partial charge is 0.267 e. The molecule has 0 bridgehead atoms. The number of amides is 1. The molecule has 2 atom stereocenters. The van der Waals surface area contributed by atoms with Gasteiger partial charge in [-0.1, -0.05) is 29.8 Å². The van der Waals surface area contributed by atoms with E-state index in [2.05, 4.69) is 0 Å². The molecule has 1 aromatic rings. The molecule has 0 unspecified atom stereocenters. The zero-order valence-corrected chi connectivity index (χ0v) is 11.4. The van der Waals surface area contributed by atoms with Gasteiger partial charge in [0.25, 0.3) is 10.0 Å². The quantitative estimate of drug-likeness (QED) is 0.775. The van der Waals surface area contributed by atoms with Crippen LogP contribution in [0.25, 0.3) is 0 Å². The van der Waals surface area contributed by atoms with Gasteiger partial charge in [0.05, 0.1) is 10.9 Å². The van der Waals surface area contributed by atoms with Crippen molar-refractivity contribution < 1.29 is 13.2 Å². The maximum Gasteiger partial charge on any atom is 0.267 e. The predicted molar refractivity (Wildman–Crippen MR) is 70.9 cm³/mol. The molecule has 5 heteroatoms. The summed E-state index contributed by atoms with van der Waals surface area (Å²) in [4.78, 5) is 12.2. The van der Waals surface area contributed by atoms with Gasteiger partial charge in [-0.05, 0) is 31.4 Å². The van der Waals surface area contributed by atoms with Crippen LogP contribution in [-0.2, 0) is 14.8 Å². The number of fused-ring (bicyclic) bond motifs is 1. The number of nitrogens with zero attached hydrogens (tertiary/aromatic N) is 1. The van der Waals surface area contributed by atoms with Crippen LogP contribution in [-0.4, -0.2) is 24.7 Å². The van der Waals surface area contributed by atoms with Gasteiger partial charge in [-0.25, -0.2) is 12.7 Å². The van der Waals surface area contributed by atoms with E-state index in [1.807, 2.05) is 19.1 Å². The van der Waals surface area contributed by atoms with E-state index >= 15 is 0 Å². The summed E-state index contributed by atoms with van der Waals surface area (Å²) in [6, 6.07) is 6.32. The maximum atomic E-state index is 12.6. The molecule has 0 radical (unpaired) electrons. The fourth-order valence-electron chi connectivity index (χ4n) is 2.76. The maximum absolute atomic E-state index is 12.6. The van der Waals surface area contributed by atoms with Crippen molar-refractivity contribution in [1.82, 2.24) is 4.31 Å². The normalized spacial score (nSPS) is 25.9. The van der Waals surface area contributed by atoms with E-state index < -0.39 is 10.0 Å². The van der Waals surface area contributed by atoms with Crippen LogP contribution in [0.3, 0.4) is 0 Å². The van der Waals surface area contributed by atoms with Crippen molar-refractivity contribution in [1.29, 1.82) is 0 Å². The minimum atomic E-state index is -3.73. The lowest BCUT2D eigenvalue weighted by molar-refractivity contribution is -0.124. The summed E-state index contributed by atoms with van der Waals surface area (Å²) < 4.78 is 26.2. The molecule has 4 nitrogen and oxygen atoms in total. The molecule has 1 heterocycles. The molecule has 2 aliphatic rings. The Hall–Kier alpha value is -1.62. The highest BCUT2D eigenvalue weighted by Gasteiger charge is 2.46. The first-order valence-electron chi connectivity index (χ1n) is 6.31. The third-order valence-corrected chi connectivity index (χ3v) is 5.62. The van der Waals surface area contributed by atoms with Crippen LogP contribution >= 0.6 is 0 Å². The summed E-state index contributed by atoms with van der Waals surface area (Å²) in [5, 5.41) is 0. The second-order valence-corrected chi connectivity index (χ2v) is 6.94. The van der Waals surface area contributed by atoms with Crippen molar-refractivity contribution in [2.24, 2.45) is 5.92 Å².